The van der Waals surface area contributed by atoms with E-state index in [1.165, 1.54) is 13.2 Å². The van der Waals surface area contributed by atoms with Gasteiger partial charge in [0.2, 0.25) is 0 Å². The van der Waals surface area contributed by atoms with Crippen molar-refractivity contribution in [2.45, 2.75) is 0 Å². The van der Waals surface area contributed by atoms with Gasteiger partial charge in [-0.1, -0.05) is 0 Å². The van der Waals surface area contributed by atoms with Crippen LogP contribution in [0.5, 0.6) is 6.01 Å². The Labute approximate surface area is 145 Å². The first kappa shape index (κ1) is 15.3. The SMILES string of the molecule is COc1ncc(-c2cncc3cc(C=C4SC(=O)NC4=O)oc23)cn1. The zero-order chi connectivity index (χ0) is 17.4. The number of fused-ring (bicyclic) bond motifs is 1. The molecule has 1 aliphatic rings. The summed E-state index contributed by atoms with van der Waals surface area (Å²) in [5.74, 6) is 0.0170. The Morgan fingerprint density at radius 1 is 1.20 bits per heavy atom. The first-order valence-corrected chi connectivity index (χ1v) is 7.94. The van der Waals surface area contributed by atoms with Gasteiger partial charge in [0.05, 0.1) is 12.0 Å². The summed E-state index contributed by atoms with van der Waals surface area (Å²) in [4.78, 5) is 35.5. The van der Waals surface area contributed by atoms with Crippen molar-refractivity contribution in [1.82, 2.24) is 20.3 Å². The van der Waals surface area contributed by atoms with E-state index in [1.807, 2.05) is 0 Å². The lowest BCUT2D eigenvalue weighted by molar-refractivity contribution is -0.115. The molecule has 25 heavy (non-hydrogen) atoms. The molecule has 1 aliphatic heterocycles. The third-order valence-electron chi connectivity index (χ3n) is 3.48. The lowest BCUT2D eigenvalue weighted by atomic mass is 10.1. The number of amides is 2. The monoisotopic (exact) mass is 354 g/mol. The van der Waals surface area contributed by atoms with E-state index < -0.39 is 11.1 Å². The van der Waals surface area contributed by atoms with Gasteiger partial charge in [-0.25, -0.2) is 9.97 Å². The first-order valence-electron chi connectivity index (χ1n) is 7.13. The molecule has 0 atom stereocenters. The van der Waals surface area contributed by atoms with Crippen LogP contribution in [0.2, 0.25) is 0 Å². The summed E-state index contributed by atoms with van der Waals surface area (Å²) >= 11 is 0.835. The fourth-order valence-electron chi connectivity index (χ4n) is 2.37. The predicted molar refractivity (Wildman–Crippen MR) is 90.7 cm³/mol. The number of ether oxygens (including phenoxy) is 1. The van der Waals surface area contributed by atoms with Crippen molar-refractivity contribution in [3.63, 3.8) is 0 Å². The van der Waals surface area contributed by atoms with E-state index in [0.29, 0.717) is 16.9 Å². The smallest absolute Gasteiger partial charge is 0.316 e. The molecule has 2 amide bonds. The molecule has 3 aromatic heterocycles. The quantitative estimate of drug-likeness (QED) is 0.715. The van der Waals surface area contributed by atoms with Crippen molar-refractivity contribution < 1.29 is 18.7 Å². The number of rotatable bonds is 3. The average Bonchev–Trinajstić information content (AvgIpc) is 3.17. The highest BCUT2D eigenvalue weighted by Crippen LogP contribution is 2.32. The summed E-state index contributed by atoms with van der Waals surface area (Å²) < 4.78 is 10.8. The zero-order valence-corrected chi connectivity index (χ0v) is 13.7. The third-order valence-corrected chi connectivity index (χ3v) is 4.29. The minimum absolute atomic E-state index is 0.266. The van der Waals surface area contributed by atoms with Gasteiger partial charge in [-0.2, -0.15) is 0 Å². The van der Waals surface area contributed by atoms with E-state index in [9.17, 15) is 9.59 Å². The van der Waals surface area contributed by atoms with E-state index in [0.717, 1.165) is 22.7 Å². The third kappa shape index (κ3) is 2.85. The average molecular weight is 354 g/mol. The van der Waals surface area contributed by atoms with Crippen LogP contribution in [0.4, 0.5) is 4.79 Å². The molecule has 0 bridgehead atoms. The number of nitrogens with zero attached hydrogens (tertiary/aromatic N) is 3. The fourth-order valence-corrected chi connectivity index (χ4v) is 3.03. The maximum Gasteiger partial charge on any atom is 0.316 e. The molecule has 8 nitrogen and oxygen atoms in total. The number of aromatic nitrogens is 3. The summed E-state index contributed by atoms with van der Waals surface area (Å²) in [5, 5.41) is 2.56. The molecule has 0 spiro atoms. The van der Waals surface area contributed by atoms with E-state index in [-0.39, 0.29) is 10.9 Å². The Balaban J connectivity index is 1.77. The van der Waals surface area contributed by atoms with Gasteiger partial charge >= 0.3 is 6.01 Å². The van der Waals surface area contributed by atoms with Crippen LogP contribution in [0, 0.1) is 0 Å². The molecule has 1 fully saturated rings. The molecule has 124 valence electrons. The first-order chi connectivity index (χ1) is 12.1. The number of carbonyl (C=O) groups is 2. The van der Waals surface area contributed by atoms with Gasteiger partial charge in [0, 0.05) is 47.4 Å². The van der Waals surface area contributed by atoms with E-state index in [4.69, 9.17) is 9.15 Å². The number of hydrogen-bond donors (Lipinski definition) is 1. The van der Waals surface area contributed by atoms with Crippen LogP contribution in [0.3, 0.4) is 0 Å². The molecule has 4 rings (SSSR count). The topological polar surface area (TPSA) is 107 Å². The van der Waals surface area contributed by atoms with Crippen LogP contribution in [0.15, 0.2) is 40.2 Å². The number of pyridine rings is 1. The van der Waals surface area contributed by atoms with Crippen molar-refractivity contribution in [3.05, 3.63) is 41.5 Å². The van der Waals surface area contributed by atoms with Gasteiger partial charge in [0.25, 0.3) is 11.1 Å². The summed E-state index contributed by atoms with van der Waals surface area (Å²) in [5.41, 5.74) is 2.02. The molecule has 3 aromatic rings. The number of methoxy groups -OCH3 is 1. The minimum Gasteiger partial charge on any atom is -0.467 e. The standard InChI is InChI=1S/C16H10N4O4S/c1-23-15-18-5-9(6-19-15)11-7-17-4-8-2-10(24-13(8)11)3-12-14(21)20-16(22)25-12/h2-7H,1H3,(H,20,21,22). The minimum atomic E-state index is -0.433. The lowest BCUT2D eigenvalue weighted by Crippen LogP contribution is -2.17. The van der Waals surface area contributed by atoms with Gasteiger partial charge in [0.1, 0.15) is 11.3 Å². The van der Waals surface area contributed by atoms with Crippen molar-refractivity contribution in [2.24, 2.45) is 0 Å². The van der Waals surface area contributed by atoms with E-state index in [1.54, 1.807) is 30.9 Å². The van der Waals surface area contributed by atoms with Crippen LogP contribution in [-0.4, -0.2) is 33.2 Å². The van der Waals surface area contributed by atoms with E-state index in [2.05, 4.69) is 20.3 Å². The zero-order valence-electron chi connectivity index (χ0n) is 12.8. The number of thioether (sulfide) groups is 1. The number of hydrogen-bond acceptors (Lipinski definition) is 8. The highest BCUT2D eigenvalue weighted by atomic mass is 32.2. The van der Waals surface area contributed by atoms with Gasteiger partial charge in [0.15, 0.2) is 0 Å². The van der Waals surface area contributed by atoms with Crippen LogP contribution in [0.25, 0.3) is 28.2 Å². The Kier molecular flexibility index (Phi) is 3.69. The van der Waals surface area contributed by atoms with Crippen LogP contribution < -0.4 is 10.1 Å². The van der Waals surface area contributed by atoms with E-state index >= 15 is 0 Å². The summed E-state index contributed by atoms with van der Waals surface area (Å²) in [6.07, 6.45) is 8.05. The lowest BCUT2D eigenvalue weighted by Gasteiger charge is -2.02. The highest BCUT2D eigenvalue weighted by Gasteiger charge is 2.25. The van der Waals surface area contributed by atoms with Gasteiger partial charge in [-0.3, -0.25) is 19.9 Å². The molecule has 0 aliphatic carbocycles. The normalized spacial score (nSPS) is 15.8. The molecular formula is C16H10N4O4S. The number of carbonyl (C=O) groups excluding carboxylic acids is 2. The second-order valence-electron chi connectivity index (χ2n) is 5.06. The number of furan rings is 1. The van der Waals surface area contributed by atoms with Gasteiger partial charge < -0.3 is 9.15 Å². The predicted octanol–water partition coefficient (Wildman–Crippen LogP) is 2.62. The van der Waals surface area contributed by atoms with Crippen molar-refractivity contribution in [2.75, 3.05) is 7.11 Å². The molecular weight excluding hydrogens is 344 g/mol. The van der Waals surface area contributed by atoms with Crippen LogP contribution in [-0.2, 0) is 4.79 Å². The van der Waals surface area contributed by atoms with Gasteiger partial charge in [-0.15, -0.1) is 0 Å². The molecule has 9 heteroatoms. The Bertz CT molecular complexity index is 1030. The fraction of sp³-hybridized carbons (Fsp3) is 0.0625. The molecule has 1 N–H and O–H groups in total. The van der Waals surface area contributed by atoms with Crippen molar-refractivity contribution >= 4 is 40.0 Å². The molecule has 0 saturated carbocycles. The summed E-state index contributed by atoms with van der Waals surface area (Å²) in [6.45, 7) is 0. The Morgan fingerprint density at radius 2 is 2.00 bits per heavy atom. The van der Waals surface area contributed by atoms with Crippen molar-refractivity contribution in [3.8, 4) is 17.1 Å². The van der Waals surface area contributed by atoms with Crippen molar-refractivity contribution in [1.29, 1.82) is 0 Å². The number of nitrogens with one attached hydrogen (secondary N) is 1. The van der Waals surface area contributed by atoms with Crippen LogP contribution in [0.1, 0.15) is 5.76 Å². The second-order valence-corrected chi connectivity index (χ2v) is 6.08. The molecule has 0 aromatic carbocycles. The molecule has 1 saturated heterocycles. The molecule has 0 unspecified atom stereocenters. The van der Waals surface area contributed by atoms with Gasteiger partial charge in [-0.05, 0) is 17.8 Å². The summed E-state index contributed by atoms with van der Waals surface area (Å²) in [6, 6.07) is 2.02. The molecule has 0 radical (unpaired) electrons. The number of imide groups is 1. The largest absolute Gasteiger partial charge is 0.467 e. The Hall–Kier alpha value is -3.20. The molecule has 4 heterocycles. The Morgan fingerprint density at radius 3 is 2.68 bits per heavy atom. The highest BCUT2D eigenvalue weighted by molar-refractivity contribution is 8.18. The maximum atomic E-state index is 11.6. The summed E-state index contributed by atoms with van der Waals surface area (Å²) in [7, 11) is 1.49. The second kappa shape index (κ2) is 6.02. The van der Waals surface area contributed by atoms with Crippen LogP contribution >= 0.6 is 11.8 Å². The maximum absolute atomic E-state index is 11.6.